The van der Waals surface area contributed by atoms with Gasteiger partial charge in [0.05, 0.1) is 22.8 Å². The molecule has 27 heavy (non-hydrogen) atoms. The third-order valence-electron chi connectivity index (χ3n) is 4.57. The lowest BCUT2D eigenvalue weighted by Crippen LogP contribution is -2.32. The molecule has 0 aliphatic carbocycles. The molecule has 2 aromatic carbocycles. The maximum atomic E-state index is 12.6. The molecule has 1 aromatic heterocycles. The lowest BCUT2D eigenvalue weighted by atomic mass is 10.1. The number of rotatable bonds is 5. The number of nitrogens with one attached hydrogen (secondary N) is 1. The molecule has 0 saturated carbocycles. The van der Waals surface area contributed by atoms with E-state index in [1.807, 2.05) is 30.5 Å². The maximum absolute atomic E-state index is 12.6. The summed E-state index contributed by atoms with van der Waals surface area (Å²) in [6, 6.07) is 14.3. The van der Waals surface area contributed by atoms with Crippen LogP contribution in [0.4, 0.5) is 0 Å². The van der Waals surface area contributed by atoms with Gasteiger partial charge in [0.1, 0.15) is 0 Å². The second-order valence-electron chi connectivity index (χ2n) is 6.67. The molecule has 3 N–H and O–H groups in total. The van der Waals surface area contributed by atoms with E-state index < -0.39 is 0 Å². The molecule has 1 amide bonds. The van der Waals surface area contributed by atoms with Gasteiger partial charge in [0, 0.05) is 18.0 Å². The number of nitrogens with two attached hydrogens (primary N) is 1. The molecule has 0 radical (unpaired) electrons. The van der Waals surface area contributed by atoms with Gasteiger partial charge in [0.25, 0.3) is 0 Å². The number of carbonyl (C=O) groups is 1. The molecule has 4 rings (SSSR count). The summed E-state index contributed by atoms with van der Waals surface area (Å²) in [5.74, 6) is 0.0745. The monoisotopic (exact) mass is 379 g/mol. The lowest BCUT2D eigenvalue weighted by Gasteiger charge is -2.11. The number of benzene rings is 2. The summed E-state index contributed by atoms with van der Waals surface area (Å²) >= 11 is 1.65. The average Bonchev–Trinajstić information content (AvgIpc) is 3.33. The summed E-state index contributed by atoms with van der Waals surface area (Å²) in [5, 5.41) is 11.1. The topological polar surface area (TPSA) is 85.8 Å². The number of nitrogens with zero attached hydrogens (tertiary/aromatic N) is 3. The number of hydrogen-bond acceptors (Lipinski definition) is 5. The quantitative estimate of drug-likeness (QED) is 0.711. The minimum absolute atomic E-state index is 0.0626. The number of carbonyl (C=O) groups excluding carboxylic acids is 1. The maximum Gasteiger partial charge on any atom is 0.234 e. The highest BCUT2D eigenvalue weighted by atomic mass is 32.2. The van der Waals surface area contributed by atoms with Gasteiger partial charge in [0.15, 0.2) is 0 Å². The van der Waals surface area contributed by atoms with Crippen LogP contribution in [0.2, 0.25) is 0 Å². The zero-order chi connectivity index (χ0) is 18.8. The molecule has 1 aliphatic rings. The Morgan fingerprint density at radius 3 is 3.04 bits per heavy atom. The van der Waals surface area contributed by atoms with Crippen LogP contribution < -0.4 is 11.1 Å². The van der Waals surface area contributed by atoms with Gasteiger partial charge < -0.3 is 11.1 Å². The first-order valence-corrected chi connectivity index (χ1v) is 9.75. The Kier molecular flexibility index (Phi) is 4.96. The van der Waals surface area contributed by atoms with Crippen molar-refractivity contribution >= 4 is 17.7 Å². The normalized spacial score (nSPS) is 15.6. The van der Waals surface area contributed by atoms with Gasteiger partial charge in [-0.25, -0.2) is 4.68 Å². The fraction of sp³-hybridized carbons (Fsp3) is 0.250. The molecule has 2 heterocycles. The summed E-state index contributed by atoms with van der Waals surface area (Å²) in [6.45, 7) is 2.92. The Morgan fingerprint density at radius 1 is 1.33 bits per heavy atom. The van der Waals surface area contributed by atoms with Crippen molar-refractivity contribution in [3.63, 3.8) is 0 Å². The Balaban J connectivity index is 1.39. The van der Waals surface area contributed by atoms with Gasteiger partial charge in [-0.15, -0.1) is 16.9 Å². The summed E-state index contributed by atoms with van der Waals surface area (Å²) in [5.41, 5.74) is 10.7. The molecular formula is C20H21N5OS. The van der Waals surface area contributed by atoms with Crippen molar-refractivity contribution in [3.8, 4) is 5.69 Å². The molecule has 0 fully saturated rings. The molecule has 0 unspecified atom stereocenters. The standard InChI is InChI=1S/C20H21N5OS/c1-13-5-6-18-15(7-13)9-19(27-18)20(26)22-11-14-3-2-4-17(8-14)25-12-16(10-21)23-24-25/h2-8,12,19H,9-11,21H2,1H3,(H,22,26)/t19-/m0/s1. The Hall–Kier alpha value is -2.64. The average molecular weight is 379 g/mol. The Labute approximate surface area is 162 Å². The summed E-state index contributed by atoms with van der Waals surface area (Å²) in [7, 11) is 0. The molecule has 1 atom stereocenters. The molecule has 7 heteroatoms. The highest BCUT2D eigenvalue weighted by Gasteiger charge is 2.28. The van der Waals surface area contributed by atoms with Crippen LogP contribution in [-0.2, 0) is 24.3 Å². The van der Waals surface area contributed by atoms with Crippen molar-refractivity contribution in [2.75, 3.05) is 0 Å². The Morgan fingerprint density at radius 2 is 2.22 bits per heavy atom. The molecule has 6 nitrogen and oxygen atoms in total. The van der Waals surface area contributed by atoms with Crippen molar-refractivity contribution in [3.05, 3.63) is 71.0 Å². The van der Waals surface area contributed by atoms with Crippen molar-refractivity contribution in [2.45, 2.75) is 36.6 Å². The number of aryl methyl sites for hydroxylation is 1. The molecule has 3 aromatic rings. The smallest absolute Gasteiger partial charge is 0.234 e. The van der Waals surface area contributed by atoms with Gasteiger partial charge in [-0.05, 0) is 42.7 Å². The van der Waals surface area contributed by atoms with Gasteiger partial charge in [0.2, 0.25) is 5.91 Å². The van der Waals surface area contributed by atoms with Crippen LogP contribution in [0.1, 0.15) is 22.4 Å². The summed E-state index contributed by atoms with van der Waals surface area (Å²) in [4.78, 5) is 13.8. The van der Waals surface area contributed by atoms with Gasteiger partial charge >= 0.3 is 0 Å². The second kappa shape index (κ2) is 7.54. The minimum Gasteiger partial charge on any atom is -0.351 e. The SMILES string of the molecule is Cc1ccc2c(c1)C[C@@H](C(=O)NCc1cccc(-n3cc(CN)nn3)c1)S2. The minimum atomic E-state index is -0.0626. The molecule has 0 bridgehead atoms. The van der Waals surface area contributed by atoms with E-state index in [0.717, 1.165) is 23.4 Å². The number of amides is 1. The number of hydrogen-bond donors (Lipinski definition) is 2. The molecule has 138 valence electrons. The summed E-state index contributed by atoms with van der Waals surface area (Å²) < 4.78 is 1.69. The van der Waals surface area contributed by atoms with E-state index >= 15 is 0 Å². The van der Waals surface area contributed by atoms with Crippen LogP contribution in [0.15, 0.2) is 53.6 Å². The largest absolute Gasteiger partial charge is 0.351 e. The van der Waals surface area contributed by atoms with E-state index in [2.05, 4.69) is 40.8 Å². The first kappa shape index (κ1) is 17.8. The molecule has 0 spiro atoms. The van der Waals surface area contributed by atoms with Crippen molar-refractivity contribution in [1.82, 2.24) is 20.3 Å². The van der Waals surface area contributed by atoms with Crippen molar-refractivity contribution < 1.29 is 4.79 Å². The van der Waals surface area contributed by atoms with Crippen LogP contribution in [-0.4, -0.2) is 26.2 Å². The van der Waals surface area contributed by atoms with Crippen LogP contribution >= 0.6 is 11.8 Å². The van der Waals surface area contributed by atoms with E-state index in [1.165, 1.54) is 16.0 Å². The number of thioether (sulfide) groups is 1. The Bertz CT molecular complexity index is 984. The fourth-order valence-corrected chi connectivity index (χ4v) is 4.35. The fourth-order valence-electron chi connectivity index (χ4n) is 3.15. The van der Waals surface area contributed by atoms with Gasteiger partial charge in [-0.1, -0.05) is 35.0 Å². The highest BCUT2D eigenvalue weighted by Crippen LogP contribution is 2.37. The van der Waals surface area contributed by atoms with E-state index in [0.29, 0.717) is 13.1 Å². The predicted octanol–water partition coefficient (Wildman–Crippen LogP) is 2.37. The second-order valence-corrected chi connectivity index (χ2v) is 7.91. The molecule has 0 saturated heterocycles. The third kappa shape index (κ3) is 3.89. The van der Waals surface area contributed by atoms with Crippen molar-refractivity contribution in [2.24, 2.45) is 5.73 Å². The zero-order valence-corrected chi connectivity index (χ0v) is 15.9. The third-order valence-corrected chi connectivity index (χ3v) is 5.89. The van der Waals surface area contributed by atoms with Crippen molar-refractivity contribution in [1.29, 1.82) is 0 Å². The first-order chi connectivity index (χ1) is 13.1. The van der Waals surface area contributed by atoms with Gasteiger partial charge in [-0.3, -0.25) is 4.79 Å². The van der Waals surface area contributed by atoms with E-state index in [-0.39, 0.29) is 11.2 Å². The predicted molar refractivity (Wildman–Crippen MR) is 106 cm³/mol. The van der Waals surface area contributed by atoms with Crippen LogP contribution in [0.5, 0.6) is 0 Å². The van der Waals surface area contributed by atoms with Crippen LogP contribution in [0.3, 0.4) is 0 Å². The van der Waals surface area contributed by atoms with Crippen LogP contribution in [0, 0.1) is 6.92 Å². The summed E-state index contributed by atoms with van der Waals surface area (Å²) in [6.07, 6.45) is 2.60. The zero-order valence-electron chi connectivity index (χ0n) is 15.1. The van der Waals surface area contributed by atoms with E-state index in [4.69, 9.17) is 5.73 Å². The van der Waals surface area contributed by atoms with E-state index in [1.54, 1.807) is 16.4 Å². The first-order valence-electron chi connectivity index (χ1n) is 8.87. The molecule has 1 aliphatic heterocycles. The number of fused-ring (bicyclic) bond motifs is 1. The van der Waals surface area contributed by atoms with Gasteiger partial charge in [-0.2, -0.15) is 0 Å². The van der Waals surface area contributed by atoms with Crippen LogP contribution in [0.25, 0.3) is 5.69 Å². The highest BCUT2D eigenvalue weighted by molar-refractivity contribution is 8.01. The van der Waals surface area contributed by atoms with E-state index in [9.17, 15) is 4.79 Å². The number of aromatic nitrogens is 3. The lowest BCUT2D eigenvalue weighted by molar-refractivity contribution is -0.120. The molecular weight excluding hydrogens is 358 g/mol.